The maximum Gasteiger partial charge on any atom is 0.0447 e. The molecule has 0 radical (unpaired) electrons. The number of rotatable bonds is 1. The van der Waals surface area contributed by atoms with E-state index in [-0.39, 0.29) is 0 Å². The van der Waals surface area contributed by atoms with Gasteiger partial charge in [-0.3, -0.25) is 0 Å². The van der Waals surface area contributed by atoms with Gasteiger partial charge in [-0.05, 0) is 5.56 Å². The zero-order chi connectivity index (χ0) is 6.10. The van der Waals surface area contributed by atoms with E-state index in [0.29, 0.717) is 6.04 Å². The van der Waals surface area contributed by atoms with Crippen molar-refractivity contribution in [1.82, 2.24) is 5.32 Å². The molecule has 0 saturated carbocycles. The molecular weight excluding hydrogens is 110 g/mol. The molecule has 1 saturated heterocycles. The average molecular weight is 119 g/mol. The summed E-state index contributed by atoms with van der Waals surface area (Å²) in [4.78, 5) is 0. The van der Waals surface area contributed by atoms with Crippen molar-refractivity contribution < 1.29 is 0 Å². The molecule has 0 aliphatic carbocycles. The van der Waals surface area contributed by atoms with E-state index in [4.69, 9.17) is 0 Å². The van der Waals surface area contributed by atoms with Crippen LogP contribution in [0.1, 0.15) is 11.6 Å². The second-order valence-corrected chi connectivity index (χ2v) is 2.37. The predicted octanol–water partition coefficient (Wildman–Crippen LogP) is 1.33. The van der Waals surface area contributed by atoms with E-state index in [1.165, 1.54) is 5.56 Å². The second-order valence-electron chi connectivity index (χ2n) is 2.37. The molecule has 1 atom stereocenters. The van der Waals surface area contributed by atoms with Crippen molar-refractivity contribution in [3.05, 3.63) is 35.9 Å². The molecule has 1 nitrogen and oxygen atoms in total. The van der Waals surface area contributed by atoms with Gasteiger partial charge in [0.1, 0.15) is 0 Å². The third-order valence-electron chi connectivity index (χ3n) is 1.61. The minimum atomic E-state index is 0.659. The minimum absolute atomic E-state index is 0.659. The lowest BCUT2D eigenvalue weighted by atomic mass is 10.2. The maximum atomic E-state index is 3.25. The molecule has 1 aromatic carbocycles. The molecule has 1 aliphatic heterocycles. The van der Waals surface area contributed by atoms with Crippen LogP contribution in [-0.2, 0) is 0 Å². The van der Waals surface area contributed by atoms with Gasteiger partial charge in [0.25, 0.3) is 0 Å². The van der Waals surface area contributed by atoms with Gasteiger partial charge in [-0.15, -0.1) is 0 Å². The zero-order valence-corrected chi connectivity index (χ0v) is 5.17. The van der Waals surface area contributed by atoms with Gasteiger partial charge in [0.05, 0.1) is 0 Å². The maximum absolute atomic E-state index is 3.25. The van der Waals surface area contributed by atoms with Crippen LogP contribution in [-0.4, -0.2) is 6.54 Å². The largest absolute Gasteiger partial charge is 0.307 e. The molecule has 1 aliphatic rings. The summed E-state index contributed by atoms with van der Waals surface area (Å²) in [5.74, 6) is 0. The van der Waals surface area contributed by atoms with Gasteiger partial charge in [-0.1, -0.05) is 30.3 Å². The first-order valence-corrected chi connectivity index (χ1v) is 3.25. The summed E-state index contributed by atoms with van der Waals surface area (Å²) in [6, 6.07) is 11.2. The van der Waals surface area contributed by atoms with Gasteiger partial charge in [0.15, 0.2) is 0 Å². The summed E-state index contributed by atoms with van der Waals surface area (Å²) in [5, 5.41) is 3.25. The van der Waals surface area contributed by atoms with Crippen molar-refractivity contribution in [3.63, 3.8) is 0 Å². The molecule has 46 valence electrons. The van der Waals surface area contributed by atoms with Gasteiger partial charge < -0.3 is 5.32 Å². The molecule has 0 unspecified atom stereocenters. The molecule has 2 rings (SSSR count). The Balaban J connectivity index is 2.29. The summed E-state index contributed by atoms with van der Waals surface area (Å²) >= 11 is 0. The normalized spacial score (nSPS) is 23.8. The van der Waals surface area contributed by atoms with Crippen LogP contribution in [0.5, 0.6) is 0 Å². The molecule has 9 heavy (non-hydrogen) atoms. The summed E-state index contributed by atoms with van der Waals surface area (Å²) < 4.78 is 0. The van der Waals surface area contributed by atoms with Crippen LogP contribution >= 0.6 is 0 Å². The van der Waals surface area contributed by atoms with Gasteiger partial charge >= 0.3 is 0 Å². The molecule has 1 heterocycles. The van der Waals surface area contributed by atoms with Crippen LogP contribution in [0.2, 0.25) is 0 Å². The number of hydrogen-bond acceptors (Lipinski definition) is 1. The molecule has 1 heteroatoms. The Hall–Kier alpha value is -0.820. The van der Waals surface area contributed by atoms with E-state index >= 15 is 0 Å². The summed E-state index contributed by atoms with van der Waals surface area (Å²) in [7, 11) is 0. The van der Waals surface area contributed by atoms with Crippen LogP contribution in [0.25, 0.3) is 0 Å². The lowest BCUT2D eigenvalue weighted by Gasteiger charge is -1.91. The summed E-state index contributed by atoms with van der Waals surface area (Å²) in [6.07, 6.45) is 0. The highest BCUT2D eigenvalue weighted by Crippen LogP contribution is 2.19. The molecule has 1 N–H and O–H groups in total. The lowest BCUT2D eigenvalue weighted by molar-refractivity contribution is 1.08. The lowest BCUT2D eigenvalue weighted by Crippen LogP contribution is -1.80. The Kier molecular flexibility index (Phi) is 1.03. The number of hydrogen-bond donors (Lipinski definition) is 1. The quantitative estimate of drug-likeness (QED) is 0.553. The van der Waals surface area contributed by atoms with E-state index < -0.39 is 0 Å². The van der Waals surface area contributed by atoms with E-state index in [1.807, 2.05) is 6.07 Å². The summed E-state index contributed by atoms with van der Waals surface area (Å²) in [6.45, 7) is 1.16. The fourth-order valence-electron chi connectivity index (χ4n) is 0.980. The highest BCUT2D eigenvalue weighted by Gasteiger charge is 2.20. The van der Waals surface area contributed by atoms with Gasteiger partial charge in [0.2, 0.25) is 0 Å². The SMILES string of the molecule is c1ccc([C@H]2CN2)cc1. The molecule has 0 amide bonds. The van der Waals surface area contributed by atoms with Crippen LogP contribution in [0.3, 0.4) is 0 Å². The van der Waals surface area contributed by atoms with Gasteiger partial charge in [0, 0.05) is 12.6 Å². The molecule has 0 spiro atoms. The van der Waals surface area contributed by atoms with Crippen LogP contribution < -0.4 is 5.32 Å². The Morgan fingerprint density at radius 3 is 2.44 bits per heavy atom. The van der Waals surface area contributed by atoms with Crippen molar-refractivity contribution in [2.75, 3.05) is 6.54 Å². The van der Waals surface area contributed by atoms with E-state index in [1.54, 1.807) is 0 Å². The van der Waals surface area contributed by atoms with Crippen molar-refractivity contribution in [2.45, 2.75) is 6.04 Å². The average Bonchev–Trinajstić information content (AvgIpc) is 2.71. The van der Waals surface area contributed by atoms with Gasteiger partial charge in [-0.25, -0.2) is 0 Å². The molecule has 0 bridgehead atoms. The van der Waals surface area contributed by atoms with E-state index in [2.05, 4.69) is 29.6 Å². The Bertz CT molecular complexity index is 189. The van der Waals surface area contributed by atoms with Crippen molar-refractivity contribution in [1.29, 1.82) is 0 Å². The van der Waals surface area contributed by atoms with E-state index in [9.17, 15) is 0 Å². The molecule has 1 fully saturated rings. The molecular formula is C8H9N. The molecule has 0 aromatic heterocycles. The number of benzene rings is 1. The van der Waals surface area contributed by atoms with Crippen LogP contribution in [0, 0.1) is 0 Å². The van der Waals surface area contributed by atoms with Crippen molar-refractivity contribution >= 4 is 0 Å². The second kappa shape index (κ2) is 1.85. The minimum Gasteiger partial charge on any atom is -0.307 e. The number of nitrogens with one attached hydrogen (secondary N) is 1. The predicted molar refractivity (Wildman–Crippen MR) is 37.2 cm³/mol. The summed E-state index contributed by atoms with van der Waals surface area (Å²) in [5.41, 5.74) is 1.41. The third-order valence-corrected chi connectivity index (χ3v) is 1.61. The van der Waals surface area contributed by atoms with E-state index in [0.717, 1.165) is 6.54 Å². The first-order valence-electron chi connectivity index (χ1n) is 3.25. The fraction of sp³-hybridized carbons (Fsp3) is 0.250. The standard InChI is InChI=1S/C8H9N/c1-2-4-7(5-3-1)8-6-9-8/h1-5,8-9H,6H2/t8-/m1/s1. The van der Waals surface area contributed by atoms with Crippen molar-refractivity contribution in [3.8, 4) is 0 Å². The third kappa shape index (κ3) is 0.958. The van der Waals surface area contributed by atoms with Gasteiger partial charge in [-0.2, -0.15) is 0 Å². The van der Waals surface area contributed by atoms with Crippen molar-refractivity contribution in [2.24, 2.45) is 0 Å². The highest BCUT2D eigenvalue weighted by molar-refractivity contribution is 5.22. The highest BCUT2D eigenvalue weighted by atomic mass is 15.1. The van der Waals surface area contributed by atoms with Crippen LogP contribution in [0.4, 0.5) is 0 Å². The first-order chi connectivity index (χ1) is 4.47. The Morgan fingerprint density at radius 2 is 1.89 bits per heavy atom. The van der Waals surface area contributed by atoms with Crippen LogP contribution in [0.15, 0.2) is 30.3 Å². The monoisotopic (exact) mass is 119 g/mol. The zero-order valence-electron chi connectivity index (χ0n) is 5.17. The fourth-order valence-corrected chi connectivity index (χ4v) is 0.980. The Morgan fingerprint density at radius 1 is 1.22 bits per heavy atom. The molecule has 1 aromatic rings. The first kappa shape index (κ1) is 5.00. The topological polar surface area (TPSA) is 21.9 Å². The Labute approximate surface area is 54.7 Å². The smallest absolute Gasteiger partial charge is 0.0447 e.